The number of piperidine rings is 1. The molecule has 1 aromatic rings. The van der Waals surface area contributed by atoms with Crippen molar-refractivity contribution in [3.63, 3.8) is 0 Å². The van der Waals surface area contributed by atoms with E-state index in [1.54, 1.807) is 18.2 Å². The molecule has 1 saturated heterocycles. The van der Waals surface area contributed by atoms with E-state index in [0.717, 1.165) is 5.69 Å². The molecule has 0 spiro atoms. The Morgan fingerprint density at radius 2 is 2.00 bits per heavy atom. The van der Waals surface area contributed by atoms with Gasteiger partial charge in [0.15, 0.2) is 5.60 Å². The summed E-state index contributed by atoms with van der Waals surface area (Å²) >= 11 is 0. The zero-order valence-electron chi connectivity index (χ0n) is 15.4. The van der Waals surface area contributed by atoms with Crippen LogP contribution < -0.4 is 16.4 Å². The van der Waals surface area contributed by atoms with Crippen LogP contribution in [0, 0.1) is 17.2 Å². The first-order valence-electron chi connectivity index (χ1n) is 8.98. The Balaban J connectivity index is 1.87. The minimum Gasteiger partial charge on any atom is -0.401 e. The summed E-state index contributed by atoms with van der Waals surface area (Å²) in [5.41, 5.74) is 8.64. The van der Waals surface area contributed by atoms with Gasteiger partial charge in [-0.15, -0.1) is 0 Å². The lowest BCUT2D eigenvalue weighted by Crippen LogP contribution is -2.55. The first kappa shape index (κ1) is 20.7. The van der Waals surface area contributed by atoms with Crippen molar-refractivity contribution in [3.05, 3.63) is 41.1 Å². The number of aliphatic imine (C=N–C) groups is 1. The number of aliphatic hydroxyl groups is 1. The number of carbonyl (C=O) groups is 1. The van der Waals surface area contributed by atoms with E-state index in [-0.39, 0.29) is 5.70 Å². The molecule has 5 N–H and O–H groups in total. The van der Waals surface area contributed by atoms with Crippen molar-refractivity contribution in [2.24, 2.45) is 22.4 Å². The second-order valence-electron chi connectivity index (χ2n) is 7.18. The number of allylic oxidation sites excluding steroid dienone is 1. The van der Waals surface area contributed by atoms with Crippen LogP contribution in [0.15, 0.2) is 40.5 Å². The quantitative estimate of drug-likeness (QED) is 0.683. The molecular formula is C19H20F3N5O2. The van der Waals surface area contributed by atoms with Gasteiger partial charge in [-0.05, 0) is 31.0 Å². The molecule has 1 atom stereocenters. The Labute approximate surface area is 165 Å². The third-order valence-corrected chi connectivity index (χ3v) is 5.35. The molecule has 0 radical (unpaired) electrons. The number of anilines is 1. The topological polar surface area (TPSA) is 129 Å². The molecule has 1 amide bonds. The van der Waals surface area contributed by atoms with Gasteiger partial charge in [0.2, 0.25) is 0 Å². The fourth-order valence-electron chi connectivity index (χ4n) is 3.80. The first-order chi connectivity index (χ1) is 13.6. The number of nitrogens with zero attached hydrogens (tertiary/aromatic N) is 3. The van der Waals surface area contributed by atoms with Crippen LogP contribution >= 0.6 is 0 Å². The summed E-state index contributed by atoms with van der Waals surface area (Å²) in [6.45, 7) is 0.988. The third-order valence-electron chi connectivity index (χ3n) is 5.35. The SMILES string of the molecule is N#Cc1cccc(N2CCC(C(N)=C3C(N)=NC(=O)CC3(O)C(F)(F)F)CC2)c1. The maximum atomic E-state index is 13.6. The number of carbonyl (C=O) groups excluding carboxylic acids is 1. The highest BCUT2D eigenvalue weighted by atomic mass is 19.4. The molecule has 2 heterocycles. The van der Waals surface area contributed by atoms with Gasteiger partial charge in [-0.2, -0.15) is 23.4 Å². The Kier molecular flexibility index (Phi) is 5.28. The Hall–Kier alpha value is -3.06. The minimum absolute atomic E-state index is 0.191. The van der Waals surface area contributed by atoms with Crippen molar-refractivity contribution in [2.45, 2.75) is 31.0 Å². The average molecular weight is 407 g/mol. The summed E-state index contributed by atoms with van der Waals surface area (Å²) in [6, 6.07) is 9.10. The maximum Gasteiger partial charge on any atom is 0.422 e. The van der Waals surface area contributed by atoms with Crippen LogP contribution in [0.5, 0.6) is 0 Å². The third kappa shape index (κ3) is 3.78. The van der Waals surface area contributed by atoms with Crippen molar-refractivity contribution in [1.82, 2.24) is 0 Å². The zero-order valence-corrected chi connectivity index (χ0v) is 15.4. The highest BCUT2D eigenvalue weighted by Crippen LogP contribution is 2.43. The van der Waals surface area contributed by atoms with Gasteiger partial charge < -0.3 is 21.5 Å². The van der Waals surface area contributed by atoms with Gasteiger partial charge in [0.05, 0.1) is 23.6 Å². The van der Waals surface area contributed by atoms with E-state index >= 15 is 0 Å². The summed E-state index contributed by atoms with van der Waals surface area (Å²) in [5.74, 6) is -2.30. The number of nitrogens with two attached hydrogens (primary N) is 2. The van der Waals surface area contributed by atoms with E-state index in [4.69, 9.17) is 16.7 Å². The van der Waals surface area contributed by atoms with E-state index in [2.05, 4.69) is 11.1 Å². The summed E-state index contributed by atoms with van der Waals surface area (Å²) in [5, 5.41) is 19.3. The Morgan fingerprint density at radius 1 is 1.34 bits per heavy atom. The largest absolute Gasteiger partial charge is 0.422 e. The van der Waals surface area contributed by atoms with Gasteiger partial charge in [-0.25, -0.2) is 0 Å². The molecule has 7 nitrogen and oxygen atoms in total. The van der Waals surface area contributed by atoms with Crippen molar-refractivity contribution in [1.29, 1.82) is 5.26 Å². The van der Waals surface area contributed by atoms with Crippen LogP contribution in [-0.2, 0) is 4.79 Å². The van der Waals surface area contributed by atoms with E-state index in [1.165, 1.54) is 0 Å². The van der Waals surface area contributed by atoms with Crippen molar-refractivity contribution in [3.8, 4) is 6.07 Å². The van der Waals surface area contributed by atoms with Crippen LogP contribution in [0.4, 0.5) is 18.9 Å². The molecular weight excluding hydrogens is 387 g/mol. The van der Waals surface area contributed by atoms with Gasteiger partial charge in [0.25, 0.3) is 5.91 Å². The zero-order chi connectivity index (χ0) is 21.4. The Bertz CT molecular complexity index is 927. The number of nitriles is 1. The number of hydrogen-bond acceptors (Lipinski definition) is 6. The lowest BCUT2D eigenvalue weighted by atomic mass is 9.80. The van der Waals surface area contributed by atoms with E-state index in [9.17, 15) is 23.1 Å². The van der Waals surface area contributed by atoms with E-state index in [1.807, 2.05) is 11.0 Å². The summed E-state index contributed by atoms with van der Waals surface area (Å²) in [7, 11) is 0. The summed E-state index contributed by atoms with van der Waals surface area (Å²) in [4.78, 5) is 16.9. The first-order valence-corrected chi connectivity index (χ1v) is 8.98. The highest BCUT2D eigenvalue weighted by molar-refractivity contribution is 6.09. The molecule has 0 aliphatic carbocycles. The highest BCUT2D eigenvalue weighted by Gasteiger charge is 2.60. The molecule has 0 saturated carbocycles. The number of amidine groups is 1. The second-order valence-corrected chi connectivity index (χ2v) is 7.18. The Morgan fingerprint density at radius 3 is 2.59 bits per heavy atom. The van der Waals surface area contributed by atoms with Gasteiger partial charge in [0, 0.05) is 30.4 Å². The molecule has 1 fully saturated rings. The smallest absolute Gasteiger partial charge is 0.401 e. The molecule has 0 aromatic heterocycles. The molecule has 1 unspecified atom stereocenters. The lowest BCUT2D eigenvalue weighted by molar-refractivity contribution is -0.244. The number of benzene rings is 1. The molecule has 154 valence electrons. The monoisotopic (exact) mass is 407 g/mol. The fraction of sp³-hybridized carbons (Fsp3) is 0.421. The van der Waals surface area contributed by atoms with Gasteiger partial charge >= 0.3 is 6.18 Å². The molecule has 3 rings (SSSR count). The predicted octanol–water partition coefficient (Wildman–Crippen LogP) is 1.57. The molecule has 0 bridgehead atoms. The van der Waals surface area contributed by atoms with Crippen LogP contribution in [0.25, 0.3) is 0 Å². The molecule has 29 heavy (non-hydrogen) atoms. The lowest BCUT2D eigenvalue weighted by Gasteiger charge is -2.38. The van der Waals surface area contributed by atoms with Crippen LogP contribution in [-0.4, -0.2) is 41.7 Å². The fourth-order valence-corrected chi connectivity index (χ4v) is 3.80. The second kappa shape index (κ2) is 7.40. The van der Waals surface area contributed by atoms with Gasteiger partial charge in [0.1, 0.15) is 5.84 Å². The molecule has 10 heteroatoms. The normalized spacial score (nSPS) is 25.4. The number of hydrogen-bond donors (Lipinski definition) is 3. The average Bonchev–Trinajstić information content (AvgIpc) is 2.66. The van der Waals surface area contributed by atoms with E-state index in [0.29, 0.717) is 31.5 Å². The number of alkyl halides is 3. The molecule has 2 aliphatic rings. The van der Waals surface area contributed by atoms with Crippen LogP contribution in [0.3, 0.4) is 0 Å². The maximum absolute atomic E-state index is 13.6. The van der Waals surface area contributed by atoms with Gasteiger partial charge in [-0.3, -0.25) is 4.79 Å². The number of amides is 1. The van der Waals surface area contributed by atoms with Crippen molar-refractivity contribution >= 4 is 17.4 Å². The summed E-state index contributed by atoms with van der Waals surface area (Å²) < 4.78 is 40.7. The number of halogens is 3. The van der Waals surface area contributed by atoms with Crippen molar-refractivity contribution < 1.29 is 23.1 Å². The van der Waals surface area contributed by atoms with Crippen LogP contribution in [0.1, 0.15) is 24.8 Å². The van der Waals surface area contributed by atoms with Gasteiger partial charge in [-0.1, -0.05) is 6.07 Å². The summed E-state index contributed by atoms with van der Waals surface area (Å²) in [6.07, 6.45) is -5.53. The minimum atomic E-state index is -5.12. The molecule has 2 aliphatic heterocycles. The van der Waals surface area contributed by atoms with E-state index < -0.39 is 41.4 Å². The molecule has 1 aromatic carbocycles. The predicted molar refractivity (Wildman–Crippen MR) is 99.6 cm³/mol. The number of rotatable bonds is 2. The van der Waals surface area contributed by atoms with Crippen molar-refractivity contribution in [2.75, 3.05) is 18.0 Å². The standard InChI is InChI=1S/C19H20F3N5O2/c20-19(21,22)18(29)9-14(28)26-17(25)15(18)16(24)12-4-6-27(7-5-12)13-3-1-2-11(8-13)10-23/h1-3,8,12,29H,4-7,9,24H2,(H2,25,26,28). The van der Waals surface area contributed by atoms with Crippen LogP contribution in [0.2, 0.25) is 0 Å².